The first-order valence-electron chi connectivity index (χ1n) is 9.77. The Morgan fingerprint density at radius 3 is 1.77 bits per heavy atom. The molecule has 3 aliphatic rings. The molecule has 0 saturated heterocycles. The van der Waals surface area contributed by atoms with E-state index >= 15 is 0 Å². The van der Waals surface area contributed by atoms with Crippen LogP contribution in [0.3, 0.4) is 0 Å². The third-order valence-corrected chi connectivity index (χ3v) is 6.02. The number of carbonyl (C=O) groups excluding carboxylic acids is 2. The average molecular weight is 392 g/mol. The molecular weight excluding hydrogens is 376 g/mol. The van der Waals surface area contributed by atoms with Crippen molar-refractivity contribution in [3.05, 3.63) is 112 Å². The van der Waals surface area contributed by atoms with Crippen LogP contribution in [-0.2, 0) is 4.74 Å². The molecule has 0 bridgehead atoms. The molecule has 3 aromatic carbocycles. The lowest BCUT2D eigenvalue weighted by molar-refractivity contribution is 0.102. The molecule has 0 radical (unpaired) electrons. The topological polar surface area (TPSA) is 52.6 Å². The Kier molecular flexibility index (Phi) is 3.42. The summed E-state index contributed by atoms with van der Waals surface area (Å²) >= 11 is 0. The van der Waals surface area contributed by atoms with Gasteiger partial charge >= 0.3 is 0 Å². The van der Waals surface area contributed by atoms with Crippen molar-refractivity contribution < 1.29 is 19.1 Å². The molecule has 144 valence electrons. The second kappa shape index (κ2) is 6.04. The molecule has 0 amide bonds. The van der Waals surface area contributed by atoms with E-state index < -0.39 is 5.92 Å². The fourth-order valence-electron chi connectivity index (χ4n) is 4.69. The molecule has 30 heavy (non-hydrogen) atoms. The number of carbonyl (C=O) groups is 2. The maximum absolute atomic E-state index is 13.4. The highest BCUT2D eigenvalue weighted by Gasteiger charge is 2.48. The van der Waals surface area contributed by atoms with Gasteiger partial charge in [-0.1, -0.05) is 60.7 Å². The maximum Gasteiger partial charge on any atom is 0.194 e. The molecule has 2 aliphatic carbocycles. The van der Waals surface area contributed by atoms with Gasteiger partial charge in [0.1, 0.15) is 17.3 Å². The lowest BCUT2D eigenvalue weighted by Gasteiger charge is -2.26. The molecule has 0 saturated carbocycles. The standard InChI is InChI=1S/C26H16O4/c1-29-15-8-6-7-14(13-15)20-21-23(27)16-9-2-4-11-18(16)25(21)30-26-19-12-5-3-10-17(19)24(28)22(20)26/h2-13,20H,1H3. The van der Waals surface area contributed by atoms with Crippen molar-refractivity contribution in [3.63, 3.8) is 0 Å². The van der Waals surface area contributed by atoms with Gasteiger partial charge in [0, 0.05) is 28.2 Å². The fraction of sp³-hybridized carbons (Fsp3) is 0.0769. The first-order valence-corrected chi connectivity index (χ1v) is 9.77. The lowest BCUT2D eigenvalue weighted by Crippen LogP contribution is -2.19. The minimum absolute atomic E-state index is 0.0938. The normalized spacial score (nSPS) is 16.8. The highest BCUT2D eigenvalue weighted by Crippen LogP contribution is 2.54. The first kappa shape index (κ1) is 17.0. The van der Waals surface area contributed by atoms with Crippen molar-refractivity contribution in [2.24, 2.45) is 0 Å². The van der Waals surface area contributed by atoms with E-state index in [2.05, 4.69) is 0 Å². The maximum atomic E-state index is 13.4. The van der Waals surface area contributed by atoms with Crippen LogP contribution in [0.4, 0.5) is 0 Å². The van der Waals surface area contributed by atoms with Crippen LogP contribution in [0.5, 0.6) is 5.75 Å². The molecule has 6 rings (SSSR count). The number of methoxy groups -OCH3 is 1. The van der Waals surface area contributed by atoms with Crippen LogP contribution in [0.1, 0.15) is 43.3 Å². The number of hydrogen-bond donors (Lipinski definition) is 0. The predicted molar refractivity (Wildman–Crippen MR) is 112 cm³/mol. The van der Waals surface area contributed by atoms with Crippen LogP contribution in [-0.4, -0.2) is 18.7 Å². The second-order valence-corrected chi connectivity index (χ2v) is 7.55. The molecular formula is C26H16O4. The highest BCUT2D eigenvalue weighted by atomic mass is 16.5. The Bertz CT molecular complexity index is 1260. The monoisotopic (exact) mass is 392 g/mol. The second-order valence-electron chi connectivity index (χ2n) is 7.55. The quantitative estimate of drug-likeness (QED) is 0.614. The number of ether oxygens (including phenoxy) is 2. The van der Waals surface area contributed by atoms with Crippen molar-refractivity contribution in [3.8, 4) is 5.75 Å². The van der Waals surface area contributed by atoms with Gasteiger partial charge < -0.3 is 9.47 Å². The van der Waals surface area contributed by atoms with Crippen molar-refractivity contribution >= 4 is 23.1 Å². The summed E-state index contributed by atoms with van der Waals surface area (Å²) in [5.41, 5.74) is 4.63. The van der Waals surface area contributed by atoms with Crippen molar-refractivity contribution in [1.29, 1.82) is 0 Å². The van der Waals surface area contributed by atoms with E-state index in [9.17, 15) is 9.59 Å². The van der Waals surface area contributed by atoms with Crippen LogP contribution >= 0.6 is 0 Å². The fourth-order valence-corrected chi connectivity index (χ4v) is 4.69. The zero-order valence-corrected chi connectivity index (χ0v) is 16.1. The van der Waals surface area contributed by atoms with Gasteiger partial charge in [0.2, 0.25) is 0 Å². The van der Waals surface area contributed by atoms with Gasteiger partial charge in [-0.15, -0.1) is 0 Å². The first-order chi connectivity index (χ1) is 14.7. The molecule has 0 aromatic heterocycles. The zero-order chi connectivity index (χ0) is 20.4. The molecule has 3 aromatic rings. The summed E-state index contributed by atoms with van der Waals surface area (Å²) in [7, 11) is 1.60. The molecule has 0 fully saturated rings. The molecule has 4 nitrogen and oxygen atoms in total. The molecule has 0 N–H and O–H groups in total. The predicted octanol–water partition coefficient (Wildman–Crippen LogP) is 5.02. The number of allylic oxidation sites excluding steroid dienone is 2. The van der Waals surface area contributed by atoms with Crippen molar-refractivity contribution in [2.75, 3.05) is 7.11 Å². The van der Waals surface area contributed by atoms with Gasteiger partial charge in [0.15, 0.2) is 11.6 Å². The Balaban J connectivity index is 1.64. The summed E-state index contributed by atoms with van der Waals surface area (Å²) in [5.74, 6) is 1.07. The molecule has 0 unspecified atom stereocenters. The van der Waals surface area contributed by atoms with E-state index in [4.69, 9.17) is 9.47 Å². The Labute approximate surface area is 173 Å². The summed E-state index contributed by atoms with van der Waals surface area (Å²) in [6.45, 7) is 0. The smallest absolute Gasteiger partial charge is 0.194 e. The molecule has 1 aliphatic heterocycles. The highest BCUT2D eigenvalue weighted by molar-refractivity contribution is 6.28. The van der Waals surface area contributed by atoms with Gasteiger partial charge in [-0.2, -0.15) is 0 Å². The van der Waals surface area contributed by atoms with E-state index in [1.807, 2.05) is 72.8 Å². The number of rotatable bonds is 2. The summed E-state index contributed by atoms with van der Waals surface area (Å²) in [5, 5.41) is 0. The largest absolute Gasteiger partial charge is 0.497 e. The number of hydrogen-bond acceptors (Lipinski definition) is 4. The van der Waals surface area contributed by atoms with Gasteiger partial charge in [-0.25, -0.2) is 0 Å². The molecule has 0 spiro atoms. The molecule has 4 heteroatoms. The van der Waals surface area contributed by atoms with Crippen LogP contribution in [0.15, 0.2) is 83.9 Å². The van der Waals surface area contributed by atoms with Crippen molar-refractivity contribution in [1.82, 2.24) is 0 Å². The van der Waals surface area contributed by atoms with E-state index in [1.165, 1.54) is 0 Å². The minimum atomic E-state index is -0.515. The SMILES string of the molecule is COc1cccc(C2C3=C(OC4=C2C(=O)c2ccccc24)c2ccccc2C3=O)c1. The summed E-state index contributed by atoms with van der Waals surface area (Å²) < 4.78 is 11.7. The Hall–Kier alpha value is -3.92. The van der Waals surface area contributed by atoms with E-state index in [0.29, 0.717) is 39.5 Å². The van der Waals surface area contributed by atoms with Gasteiger partial charge in [-0.3, -0.25) is 9.59 Å². The van der Waals surface area contributed by atoms with E-state index in [-0.39, 0.29) is 11.6 Å². The number of benzene rings is 3. The number of ketones is 2. The third kappa shape index (κ3) is 2.10. The average Bonchev–Trinajstić information content (AvgIpc) is 3.25. The Morgan fingerprint density at radius 1 is 0.700 bits per heavy atom. The zero-order valence-electron chi connectivity index (χ0n) is 16.1. The molecule has 1 heterocycles. The van der Waals surface area contributed by atoms with Crippen LogP contribution in [0.25, 0.3) is 11.5 Å². The van der Waals surface area contributed by atoms with Gasteiger partial charge in [-0.05, 0) is 17.7 Å². The van der Waals surface area contributed by atoms with E-state index in [1.54, 1.807) is 7.11 Å². The van der Waals surface area contributed by atoms with Crippen LogP contribution < -0.4 is 4.74 Å². The van der Waals surface area contributed by atoms with Gasteiger partial charge in [0.25, 0.3) is 0 Å². The number of fused-ring (bicyclic) bond motifs is 4. The molecule has 0 atom stereocenters. The lowest BCUT2D eigenvalue weighted by atomic mass is 9.80. The summed E-state index contributed by atoms with van der Waals surface area (Å²) in [6.07, 6.45) is 0. The van der Waals surface area contributed by atoms with E-state index in [0.717, 1.165) is 16.7 Å². The summed E-state index contributed by atoms with van der Waals surface area (Å²) in [6, 6.07) is 22.4. The third-order valence-electron chi connectivity index (χ3n) is 6.02. The van der Waals surface area contributed by atoms with Crippen LogP contribution in [0, 0.1) is 0 Å². The summed E-state index contributed by atoms with van der Waals surface area (Å²) in [4.78, 5) is 26.9. The van der Waals surface area contributed by atoms with Gasteiger partial charge in [0.05, 0.1) is 18.3 Å². The van der Waals surface area contributed by atoms with Crippen molar-refractivity contribution in [2.45, 2.75) is 5.92 Å². The number of Topliss-reactive ketones (excluding diaryl/α,β-unsaturated/α-hetero) is 2. The minimum Gasteiger partial charge on any atom is -0.497 e. The van der Waals surface area contributed by atoms with Crippen LogP contribution in [0.2, 0.25) is 0 Å². The Morgan fingerprint density at radius 2 is 1.23 bits per heavy atom.